The second-order valence-electron chi connectivity index (χ2n) is 5.68. The molecule has 1 heterocycles. The lowest BCUT2D eigenvalue weighted by molar-refractivity contribution is -0.122. The van der Waals surface area contributed by atoms with Crippen molar-refractivity contribution in [2.45, 2.75) is 45.2 Å². The Kier molecular flexibility index (Phi) is 5.40. The van der Waals surface area contributed by atoms with Crippen molar-refractivity contribution < 1.29 is 4.79 Å². The van der Waals surface area contributed by atoms with Gasteiger partial charge < -0.3 is 5.32 Å². The Morgan fingerprint density at radius 3 is 2.79 bits per heavy atom. The van der Waals surface area contributed by atoms with Gasteiger partial charge in [-0.15, -0.1) is 11.3 Å². The smallest absolute Gasteiger partial charge is 0.234 e. The minimum absolute atomic E-state index is 0.134. The van der Waals surface area contributed by atoms with Gasteiger partial charge in [0.05, 0.1) is 13.1 Å². The fourth-order valence-electron chi connectivity index (χ4n) is 2.69. The van der Waals surface area contributed by atoms with Crippen LogP contribution in [0.1, 0.15) is 37.5 Å². The maximum absolute atomic E-state index is 11.9. The van der Waals surface area contributed by atoms with Crippen LogP contribution in [-0.4, -0.2) is 30.4 Å². The second kappa shape index (κ2) is 7.06. The first-order valence-corrected chi connectivity index (χ1v) is 8.02. The third-order valence-electron chi connectivity index (χ3n) is 4.04. The highest BCUT2D eigenvalue weighted by Crippen LogP contribution is 2.26. The molecule has 1 aromatic heterocycles. The first-order chi connectivity index (χ1) is 9.15. The monoisotopic (exact) mass is 280 g/mol. The minimum atomic E-state index is 0.134. The predicted molar refractivity (Wildman–Crippen MR) is 80.2 cm³/mol. The van der Waals surface area contributed by atoms with Crippen LogP contribution in [0.4, 0.5) is 0 Å². The Morgan fingerprint density at radius 2 is 2.16 bits per heavy atom. The number of nitrogens with zero attached hydrogens (tertiary/aromatic N) is 1. The van der Waals surface area contributed by atoms with Gasteiger partial charge in [0.15, 0.2) is 0 Å². The molecule has 106 valence electrons. The summed E-state index contributed by atoms with van der Waals surface area (Å²) in [4.78, 5) is 15.3. The summed E-state index contributed by atoms with van der Waals surface area (Å²) in [5.74, 6) is 0.992. The van der Waals surface area contributed by atoms with E-state index in [-0.39, 0.29) is 5.91 Å². The van der Waals surface area contributed by atoms with Crippen LogP contribution < -0.4 is 5.32 Å². The summed E-state index contributed by atoms with van der Waals surface area (Å²) in [5, 5.41) is 5.03. The number of carbonyl (C=O) groups is 1. The third kappa shape index (κ3) is 4.62. The highest BCUT2D eigenvalue weighted by atomic mass is 32.1. The molecule has 1 aromatic rings. The van der Waals surface area contributed by atoms with E-state index in [0.717, 1.165) is 5.92 Å². The van der Waals surface area contributed by atoms with Crippen LogP contribution in [0.25, 0.3) is 0 Å². The molecule has 1 fully saturated rings. The Hall–Kier alpha value is -0.870. The average molecular weight is 280 g/mol. The van der Waals surface area contributed by atoms with Crippen LogP contribution in [0, 0.1) is 5.92 Å². The molecule has 19 heavy (non-hydrogen) atoms. The molecule has 1 amide bonds. The lowest BCUT2D eigenvalue weighted by Gasteiger charge is -2.33. The van der Waals surface area contributed by atoms with Crippen LogP contribution >= 0.6 is 11.3 Å². The number of amides is 1. The number of thiophene rings is 1. The molecule has 0 aliphatic heterocycles. The summed E-state index contributed by atoms with van der Waals surface area (Å²) in [7, 11) is 2.07. The van der Waals surface area contributed by atoms with E-state index in [1.807, 2.05) is 11.4 Å². The predicted octanol–water partition coefficient (Wildman–Crippen LogP) is 2.87. The Bertz CT molecular complexity index is 383. The van der Waals surface area contributed by atoms with Gasteiger partial charge in [-0.25, -0.2) is 0 Å². The summed E-state index contributed by atoms with van der Waals surface area (Å²) in [6, 6.07) is 4.65. The molecule has 1 N–H and O–H groups in total. The van der Waals surface area contributed by atoms with E-state index in [9.17, 15) is 4.79 Å². The van der Waals surface area contributed by atoms with E-state index in [0.29, 0.717) is 19.1 Å². The summed E-state index contributed by atoms with van der Waals surface area (Å²) in [6.07, 6.45) is 5.06. The number of carbonyl (C=O) groups excluding carboxylic acids is 1. The Balaban J connectivity index is 1.69. The fraction of sp³-hybridized carbons (Fsp3) is 0.667. The van der Waals surface area contributed by atoms with Crippen molar-refractivity contribution in [1.29, 1.82) is 0 Å². The molecule has 3 nitrogen and oxygen atoms in total. The summed E-state index contributed by atoms with van der Waals surface area (Å²) < 4.78 is 0. The molecule has 1 aliphatic rings. The van der Waals surface area contributed by atoms with Gasteiger partial charge in [-0.2, -0.15) is 0 Å². The van der Waals surface area contributed by atoms with E-state index < -0.39 is 0 Å². The van der Waals surface area contributed by atoms with Crippen LogP contribution in [0.3, 0.4) is 0 Å². The van der Waals surface area contributed by atoms with Gasteiger partial charge in [-0.05, 0) is 50.1 Å². The van der Waals surface area contributed by atoms with Crippen LogP contribution in [-0.2, 0) is 11.3 Å². The molecular formula is C15H24N2OS. The zero-order chi connectivity index (χ0) is 13.7. The number of hydrogen-bond acceptors (Lipinski definition) is 3. The van der Waals surface area contributed by atoms with Crippen LogP contribution in [0.15, 0.2) is 17.5 Å². The van der Waals surface area contributed by atoms with Crippen molar-refractivity contribution in [3.63, 3.8) is 0 Å². The van der Waals surface area contributed by atoms with Gasteiger partial charge in [0.2, 0.25) is 5.91 Å². The molecule has 0 unspecified atom stereocenters. The molecule has 1 aliphatic carbocycles. The largest absolute Gasteiger partial charge is 0.350 e. The van der Waals surface area contributed by atoms with Gasteiger partial charge in [0.1, 0.15) is 0 Å². The lowest BCUT2D eigenvalue weighted by Crippen LogP contribution is -2.41. The molecule has 4 heteroatoms. The molecule has 0 aromatic carbocycles. The minimum Gasteiger partial charge on any atom is -0.350 e. The standard InChI is InChI=1S/C15H24N2OS/c1-12-5-7-13(8-6-12)17(2)11-15(18)16-10-14-4-3-9-19-14/h3-4,9,12-13H,5-8,10-11H2,1-2H3,(H,16,18). The summed E-state index contributed by atoms with van der Waals surface area (Å²) in [6.45, 7) is 3.50. The van der Waals surface area contributed by atoms with Crippen molar-refractivity contribution in [3.8, 4) is 0 Å². The maximum atomic E-state index is 11.9. The molecule has 2 rings (SSSR count). The van der Waals surface area contributed by atoms with E-state index >= 15 is 0 Å². The zero-order valence-corrected chi connectivity index (χ0v) is 12.7. The lowest BCUT2D eigenvalue weighted by atomic mass is 9.87. The molecular weight excluding hydrogens is 256 g/mol. The number of likely N-dealkylation sites (N-methyl/N-ethyl adjacent to an activating group) is 1. The van der Waals surface area contributed by atoms with Gasteiger partial charge in [0, 0.05) is 10.9 Å². The van der Waals surface area contributed by atoms with Gasteiger partial charge in [0.25, 0.3) is 0 Å². The highest BCUT2D eigenvalue weighted by Gasteiger charge is 2.22. The van der Waals surface area contributed by atoms with E-state index in [4.69, 9.17) is 0 Å². The second-order valence-corrected chi connectivity index (χ2v) is 6.72. The molecule has 0 saturated heterocycles. The van der Waals surface area contributed by atoms with Gasteiger partial charge in [-0.1, -0.05) is 13.0 Å². The van der Waals surface area contributed by atoms with Gasteiger partial charge >= 0.3 is 0 Å². The normalized spacial score (nSPS) is 23.5. The average Bonchev–Trinajstić information content (AvgIpc) is 2.90. The fourth-order valence-corrected chi connectivity index (χ4v) is 3.34. The van der Waals surface area contributed by atoms with Gasteiger partial charge in [-0.3, -0.25) is 9.69 Å². The van der Waals surface area contributed by atoms with Crippen molar-refractivity contribution in [3.05, 3.63) is 22.4 Å². The van der Waals surface area contributed by atoms with E-state index in [2.05, 4.69) is 30.3 Å². The van der Waals surface area contributed by atoms with Crippen molar-refractivity contribution in [2.24, 2.45) is 5.92 Å². The van der Waals surface area contributed by atoms with Crippen molar-refractivity contribution in [2.75, 3.05) is 13.6 Å². The highest BCUT2D eigenvalue weighted by molar-refractivity contribution is 7.09. The first kappa shape index (κ1) is 14.5. The SMILES string of the molecule is CC1CCC(N(C)CC(=O)NCc2cccs2)CC1. The molecule has 0 bridgehead atoms. The number of rotatable bonds is 5. The van der Waals surface area contributed by atoms with Crippen LogP contribution in [0.5, 0.6) is 0 Å². The quantitative estimate of drug-likeness (QED) is 0.899. The van der Waals surface area contributed by atoms with Crippen molar-refractivity contribution in [1.82, 2.24) is 10.2 Å². The van der Waals surface area contributed by atoms with E-state index in [1.54, 1.807) is 11.3 Å². The van der Waals surface area contributed by atoms with Crippen LogP contribution in [0.2, 0.25) is 0 Å². The molecule has 1 saturated carbocycles. The molecule has 0 radical (unpaired) electrons. The number of nitrogens with one attached hydrogen (secondary N) is 1. The maximum Gasteiger partial charge on any atom is 0.234 e. The topological polar surface area (TPSA) is 32.3 Å². The Morgan fingerprint density at radius 1 is 1.42 bits per heavy atom. The molecule has 0 spiro atoms. The zero-order valence-electron chi connectivity index (χ0n) is 11.9. The molecule has 0 atom stereocenters. The van der Waals surface area contributed by atoms with Crippen molar-refractivity contribution >= 4 is 17.2 Å². The van der Waals surface area contributed by atoms with E-state index in [1.165, 1.54) is 30.6 Å². The third-order valence-corrected chi connectivity index (χ3v) is 4.92. The number of hydrogen-bond donors (Lipinski definition) is 1. The Labute approximate surface area is 120 Å². The summed E-state index contributed by atoms with van der Waals surface area (Å²) in [5.41, 5.74) is 0. The first-order valence-electron chi connectivity index (χ1n) is 7.14. The summed E-state index contributed by atoms with van der Waals surface area (Å²) >= 11 is 1.68.